The minimum absolute atomic E-state index is 0.601. The van der Waals surface area contributed by atoms with Crippen LogP contribution in [0.5, 0.6) is 5.75 Å². The first-order valence-corrected chi connectivity index (χ1v) is 6.56. The summed E-state index contributed by atoms with van der Waals surface area (Å²) >= 11 is 3.51. The summed E-state index contributed by atoms with van der Waals surface area (Å²) in [5.41, 5.74) is 2.44. The molecule has 0 fully saturated rings. The summed E-state index contributed by atoms with van der Waals surface area (Å²) in [6, 6.07) is 6.26. The molecule has 0 radical (unpaired) electrons. The van der Waals surface area contributed by atoms with Gasteiger partial charge in [-0.25, -0.2) is 0 Å². The van der Waals surface area contributed by atoms with E-state index in [9.17, 15) is 0 Å². The van der Waals surface area contributed by atoms with E-state index >= 15 is 0 Å². The lowest BCUT2D eigenvalue weighted by atomic mass is 10.1. The molecule has 1 aromatic rings. The molecule has 0 N–H and O–H groups in total. The van der Waals surface area contributed by atoms with Crippen molar-refractivity contribution < 1.29 is 4.74 Å². The molecule has 0 saturated carbocycles. The van der Waals surface area contributed by atoms with E-state index in [-0.39, 0.29) is 0 Å². The van der Waals surface area contributed by atoms with E-state index in [1.165, 1.54) is 11.1 Å². The molecule has 0 spiro atoms. The Bertz CT molecular complexity index is 285. The number of hydrogen-bond acceptors (Lipinski definition) is 1. The molecular weight excluding hydrogens is 252 g/mol. The summed E-state index contributed by atoms with van der Waals surface area (Å²) in [4.78, 5) is 0. The Kier molecular flexibility index (Phi) is 5.16. The number of ether oxygens (including phenoxy) is 1. The van der Waals surface area contributed by atoms with Crippen molar-refractivity contribution in [2.24, 2.45) is 5.92 Å². The molecule has 0 aliphatic heterocycles. The highest BCUT2D eigenvalue weighted by Gasteiger charge is 2.08. The quantitative estimate of drug-likeness (QED) is 0.732. The molecule has 1 aromatic carbocycles. The molecule has 2 heteroatoms. The van der Waals surface area contributed by atoms with Crippen molar-refractivity contribution in [1.82, 2.24) is 0 Å². The van der Waals surface area contributed by atoms with Gasteiger partial charge in [0.15, 0.2) is 0 Å². The van der Waals surface area contributed by atoms with Gasteiger partial charge in [0, 0.05) is 11.2 Å². The fourth-order valence-electron chi connectivity index (χ4n) is 1.50. The molecule has 0 bridgehead atoms. The maximum absolute atomic E-state index is 5.88. The van der Waals surface area contributed by atoms with Crippen LogP contribution in [0.4, 0.5) is 0 Å². The van der Waals surface area contributed by atoms with Crippen LogP contribution in [-0.4, -0.2) is 11.9 Å². The first kappa shape index (κ1) is 12.6. The molecule has 0 aliphatic carbocycles. The number of para-hydroxylation sites is 1. The zero-order chi connectivity index (χ0) is 11.3. The summed E-state index contributed by atoms with van der Waals surface area (Å²) in [6.45, 7) is 7.18. The SMILES string of the molecule is CCC(CBr)COc1c(C)cccc1C. The van der Waals surface area contributed by atoms with Gasteiger partial charge in [-0.05, 0) is 31.4 Å². The van der Waals surface area contributed by atoms with Gasteiger partial charge in [0.05, 0.1) is 6.61 Å². The lowest BCUT2D eigenvalue weighted by Crippen LogP contribution is -2.13. The predicted molar refractivity (Wildman–Crippen MR) is 69.0 cm³/mol. The van der Waals surface area contributed by atoms with Crippen molar-refractivity contribution in [3.05, 3.63) is 29.3 Å². The van der Waals surface area contributed by atoms with Gasteiger partial charge in [0.25, 0.3) is 0 Å². The van der Waals surface area contributed by atoms with Crippen LogP contribution in [0.2, 0.25) is 0 Å². The minimum Gasteiger partial charge on any atom is -0.493 e. The van der Waals surface area contributed by atoms with Crippen molar-refractivity contribution in [3.63, 3.8) is 0 Å². The Labute approximate surface area is 101 Å². The van der Waals surface area contributed by atoms with E-state index in [1.807, 2.05) is 0 Å². The normalized spacial score (nSPS) is 12.5. The molecule has 84 valence electrons. The van der Waals surface area contributed by atoms with Crippen molar-refractivity contribution in [2.75, 3.05) is 11.9 Å². The average Bonchev–Trinajstić information content (AvgIpc) is 2.23. The second-order valence-corrected chi connectivity index (χ2v) is 4.61. The molecule has 0 aromatic heterocycles. The largest absolute Gasteiger partial charge is 0.493 e. The third-order valence-corrected chi connectivity index (χ3v) is 3.58. The van der Waals surface area contributed by atoms with Gasteiger partial charge in [0.1, 0.15) is 5.75 Å². The number of rotatable bonds is 5. The zero-order valence-corrected chi connectivity index (χ0v) is 11.3. The van der Waals surface area contributed by atoms with Gasteiger partial charge in [-0.1, -0.05) is 41.1 Å². The van der Waals surface area contributed by atoms with Gasteiger partial charge in [-0.3, -0.25) is 0 Å². The third kappa shape index (κ3) is 3.53. The van der Waals surface area contributed by atoms with Gasteiger partial charge < -0.3 is 4.74 Å². The standard InChI is InChI=1S/C13H19BrO/c1-4-12(8-14)9-15-13-10(2)6-5-7-11(13)3/h5-7,12H,4,8-9H2,1-3H3. The van der Waals surface area contributed by atoms with Crippen LogP contribution in [0, 0.1) is 19.8 Å². The summed E-state index contributed by atoms with van der Waals surface area (Å²) in [5, 5.41) is 1.01. The van der Waals surface area contributed by atoms with Crippen molar-refractivity contribution >= 4 is 15.9 Å². The van der Waals surface area contributed by atoms with Crippen LogP contribution in [-0.2, 0) is 0 Å². The highest BCUT2D eigenvalue weighted by molar-refractivity contribution is 9.09. The molecule has 0 saturated heterocycles. The molecule has 1 unspecified atom stereocenters. The fraction of sp³-hybridized carbons (Fsp3) is 0.538. The highest BCUT2D eigenvalue weighted by atomic mass is 79.9. The van der Waals surface area contributed by atoms with Gasteiger partial charge in [0.2, 0.25) is 0 Å². The van der Waals surface area contributed by atoms with Crippen LogP contribution in [0.25, 0.3) is 0 Å². The molecule has 15 heavy (non-hydrogen) atoms. The number of benzene rings is 1. The monoisotopic (exact) mass is 270 g/mol. The van der Waals surface area contributed by atoms with Crippen molar-refractivity contribution in [2.45, 2.75) is 27.2 Å². The van der Waals surface area contributed by atoms with Crippen LogP contribution in [0.1, 0.15) is 24.5 Å². The van der Waals surface area contributed by atoms with E-state index in [1.54, 1.807) is 0 Å². The Hall–Kier alpha value is -0.500. The molecule has 1 atom stereocenters. The van der Waals surface area contributed by atoms with Crippen LogP contribution < -0.4 is 4.74 Å². The summed E-state index contributed by atoms with van der Waals surface area (Å²) in [6.07, 6.45) is 1.15. The Morgan fingerprint density at radius 2 is 1.87 bits per heavy atom. The lowest BCUT2D eigenvalue weighted by molar-refractivity contribution is 0.257. The second-order valence-electron chi connectivity index (χ2n) is 3.96. The van der Waals surface area contributed by atoms with E-state index in [0.29, 0.717) is 5.92 Å². The first-order chi connectivity index (χ1) is 7.19. The Balaban J connectivity index is 2.64. The summed E-state index contributed by atoms with van der Waals surface area (Å²) in [7, 11) is 0. The van der Waals surface area contributed by atoms with Crippen LogP contribution >= 0.6 is 15.9 Å². The smallest absolute Gasteiger partial charge is 0.125 e. The maximum Gasteiger partial charge on any atom is 0.125 e. The number of alkyl halides is 1. The minimum atomic E-state index is 0.601. The lowest BCUT2D eigenvalue weighted by Gasteiger charge is -2.16. The Morgan fingerprint density at radius 3 is 2.33 bits per heavy atom. The number of aryl methyl sites for hydroxylation is 2. The topological polar surface area (TPSA) is 9.23 Å². The summed E-state index contributed by atoms with van der Waals surface area (Å²) in [5.74, 6) is 1.65. The Morgan fingerprint density at radius 1 is 1.27 bits per heavy atom. The van der Waals surface area contributed by atoms with Crippen molar-refractivity contribution in [3.8, 4) is 5.75 Å². The molecular formula is C13H19BrO. The van der Waals surface area contributed by atoms with Crippen LogP contribution in [0.15, 0.2) is 18.2 Å². The second kappa shape index (κ2) is 6.16. The van der Waals surface area contributed by atoms with E-state index in [4.69, 9.17) is 4.74 Å². The van der Waals surface area contributed by atoms with Crippen molar-refractivity contribution in [1.29, 1.82) is 0 Å². The molecule has 0 heterocycles. The third-order valence-electron chi connectivity index (χ3n) is 2.67. The maximum atomic E-state index is 5.88. The van der Waals surface area contributed by atoms with E-state index < -0.39 is 0 Å². The summed E-state index contributed by atoms with van der Waals surface area (Å²) < 4.78 is 5.88. The van der Waals surface area contributed by atoms with Gasteiger partial charge >= 0.3 is 0 Å². The molecule has 0 aliphatic rings. The van der Waals surface area contributed by atoms with E-state index in [0.717, 1.165) is 24.1 Å². The average molecular weight is 271 g/mol. The number of hydrogen-bond donors (Lipinski definition) is 0. The molecule has 0 amide bonds. The van der Waals surface area contributed by atoms with Gasteiger partial charge in [-0.2, -0.15) is 0 Å². The number of halogens is 1. The van der Waals surface area contributed by atoms with Crippen LogP contribution in [0.3, 0.4) is 0 Å². The van der Waals surface area contributed by atoms with E-state index in [2.05, 4.69) is 54.9 Å². The zero-order valence-electron chi connectivity index (χ0n) is 9.72. The highest BCUT2D eigenvalue weighted by Crippen LogP contribution is 2.23. The molecule has 1 rings (SSSR count). The molecule has 1 nitrogen and oxygen atoms in total. The fourth-order valence-corrected chi connectivity index (χ4v) is 2.14. The first-order valence-electron chi connectivity index (χ1n) is 5.44. The predicted octanol–water partition coefficient (Wildman–Crippen LogP) is 4.10. The van der Waals surface area contributed by atoms with Gasteiger partial charge in [-0.15, -0.1) is 0 Å².